The number of hydrogen-bond donors (Lipinski definition) is 0. The smallest absolute Gasteiger partial charge is 0.255 e. The molecule has 2 aromatic rings. The lowest BCUT2D eigenvalue weighted by molar-refractivity contribution is 0.0698. The summed E-state index contributed by atoms with van der Waals surface area (Å²) >= 11 is 6.16. The zero-order chi connectivity index (χ0) is 23.7. The fourth-order valence-electron chi connectivity index (χ4n) is 3.26. The quantitative estimate of drug-likeness (QED) is 0.620. The summed E-state index contributed by atoms with van der Waals surface area (Å²) in [4.78, 5) is 14.3. The first kappa shape index (κ1) is 24.2. The van der Waals surface area contributed by atoms with Gasteiger partial charge in [0.1, 0.15) is 6.07 Å². The van der Waals surface area contributed by atoms with Crippen molar-refractivity contribution in [2.45, 2.75) is 9.79 Å². The number of sulfonamides is 2. The normalized spacial score (nSPS) is 15.5. The number of hydrogen-bond acceptors (Lipinski definition) is 6. The number of rotatable bonds is 5. The van der Waals surface area contributed by atoms with Crippen LogP contribution in [0.2, 0.25) is 5.02 Å². The van der Waals surface area contributed by atoms with Crippen molar-refractivity contribution in [2.75, 3.05) is 40.3 Å². The van der Waals surface area contributed by atoms with Gasteiger partial charge in [-0.05, 0) is 30.3 Å². The minimum Gasteiger partial charge on any atom is -0.336 e. The molecule has 0 spiro atoms. The molecule has 9 nitrogen and oxygen atoms in total. The van der Waals surface area contributed by atoms with Crippen LogP contribution in [0.3, 0.4) is 0 Å². The third-order valence-electron chi connectivity index (χ3n) is 5.10. The van der Waals surface area contributed by atoms with Gasteiger partial charge in [-0.15, -0.1) is 0 Å². The molecule has 0 bridgehead atoms. The van der Waals surface area contributed by atoms with Crippen molar-refractivity contribution in [1.29, 1.82) is 5.26 Å². The second-order valence-electron chi connectivity index (χ2n) is 7.23. The Morgan fingerprint density at radius 1 is 1.03 bits per heavy atom. The monoisotopic (exact) mass is 496 g/mol. The molecule has 3 rings (SSSR count). The van der Waals surface area contributed by atoms with Crippen molar-refractivity contribution in [2.24, 2.45) is 0 Å². The predicted molar refractivity (Wildman–Crippen MR) is 118 cm³/mol. The van der Waals surface area contributed by atoms with Crippen LogP contribution in [0.15, 0.2) is 52.3 Å². The van der Waals surface area contributed by atoms with Crippen LogP contribution in [0, 0.1) is 11.3 Å². The van der Waals surface area contributed by atoms with E-state index in [2.05, 4.69) is 0 Å². The number of piperazine rings is 1. The molecule has 2 aromatic carbocycles. The van der Waals surface area contributed by atoms with Crippen molar-refractivity contribution in [3.63, 3.8) is 0 Å². The summed E-state index contributed by atoms with van der Waals surface area (Å²) in [5, 5.41) is 9.32. The summed E-state index contributed by atoms with van der Waals surface area (Å²) in [6.07, 6.45) is 0. The summed E-state index contributed by atoms with van der Waals surface area (Å²) < 4.78 is 53.0. The fourth-order valence-corrected chi connectivity index (χ4v) is 5.96. The summed E-state index contributed by atoms with van der Waals surface area (Å²) in [5.74, 6) is -0.486. The number of nitriles is 1. The van der Waals surface area contributed by atoms with Crippen LogP contribution in [-0.4, -0.2) is 76.5 Å². The Morgan fingerprint density at radius 2 is 1.66 bits per heavy atom. The molecule has 0 N–H and O–H groups in total. The highest BCUT2D eigenvalue weighted by Gasteiger charge is 2.32. The number of carbonyl (C=O) groups excluding carboxylic acids is 1. The summed E-state index contributed by atoms with van der Waals surface area (Å²) in [5.41, 5.74) is 0.0810. The van der Waals surface area contributed by atoms with Crippen molar-refractivity contribution in [3.05, 3.63) is 58.6 Å². The first-order chi connectivity index (χ1) is 15.0. The molecule has 1 aliphatic rings. The van der Waals surface area contributed by atoms with Gasteiger partial charge in [-0.25, -0.2) is 21.1 Å². The maximum atomic E-state index is 13.0. The molecule has 1 amide bonds. The van der Waals surface area contributed by atoms with E-state index in [4.69, 9.17) is 11.6 Å². The first-order valence-corrected chi connectivity index (χ1v) is 12.8. The van der Waals surface area contributed by atoms with Gasteiger partial charge in [0.05, 0.1) is 25.9 Å². The summed E-state index contributed by atoms with van der Waals surface area (Å²) in [6.45, 7) is 0.240. The van der Waals surface area contributed by atoms with Crippen LogP contribution in [0.5, 0.6) is 0 Å². The van der Waals surface area contributed by atoms with Crippen LogP contribution in [0.4, 0.5) is 0 Å². The molecule has 1 saturated heterocycles. The highest BCUT2D eigenvalue weighted by atomic mass is 35.5. The van der Waals surface area contributed by atoms with Crippen LogP contribution >= 0.6 is 11.6 Å². The van der Waals surface area contributed by atoms with Gasteiger partial charge in [-0.1, -0.05) is 23.7 Å². The van der Waals surface area contributed by atoms with Gasteiger partial charge in [0.15, 0.2) is 0 Å². The molecule has 0 aromatic heterocycles. The summed E-state index contributed by atoms with van der Waals surface area (Å²) in [6, 6.07) is 11.7. The highest BCUT2D eigenvalue weighted by molar-refractivity contribution is 7.89. The molecule has 0 radical (unpaired) electrons. The molecule has 32 heavy (non-hydrogen) atoms. The molecule has 0 unspecified atom stereocenters. The Hall–Kier alpha value is -2.49. The van der Waals surface area contributed by atoms with Gasteiger partial charge in [0.25, 0.3) is 5.91 Å². The lowest BCUT2D eigenvalue weighted by Crippen LogP contribution is -2.50. The van der Waals surface area contributed by atoms with E-state index in [1.807, 2.05) is 6.07 Å². The Balaban J connectivity index is 1.80. The van der Waals surface area contributed by atoms with E-state index in [0.717, 1.165) is 4.31 Å². The Kier molecular flexibility index (Phi) is 6.92. The molecular formula is C20H21ClN4O5S2. The Morgan fingerprint density at radius 3 is 2.25 bits per heavy atom. The Labute approximate surface area is 192 Å². The van der Waals surface area contributed by atoms with Crippen LogP contribution in [-0.2, 0) is 20.0 Å². The van der Waals surface area contributed by atoms with Gasteiger partial charge in [0.2, 0.25) is 20.0 Å². The lowest BCUT2D eigenvalue weighted by Gasteiger charge is -2.34. The molecule has 12 heteroatoms. The SMILES string of the molecule is CN(C)S(=O)(=O)c1ccc(Cl)c(C(=O)N2CCN(S(=O)(=O)c3ccccc3C#N)CC2)c1. The first-order valence-electron chi connectivity index (χ1n) is 9.51. The van der Waals surface area contributed by atoms with E-state index < -0.39 is 26.0 Å². The molecule has 0 atom stereocenters. The van der Waals surface area contributed by atoms with Crippen molar-refractivity contribution < 1.29 is 21.6 Å². The van der Waals surface area contributed by atoms with Crippen molar-refractivity contribution in [1.82, 2.24) is 13.5 Å². The number of halogens is 1. The van der Waals surface area contributed by atoms with Crippen LogP contribution < -0.4 is 0 Å². The van der Waals surface area contributed by atoms with E-state index >= 15 is 0 Å². The van der Waals surface area contributed by atoms with Crippen molar-refractivity contribution in [3.8, 4) is 6.07 Å². The number of amides is 1. The van der Waals surface area contributed by atoms with Crippen molar-refractivity contribution >= 4 is 37.6 Å². The minimum absolute atomic E-state index is 0.0284. The maximum Gasteiger partial charge on any atom is 0.255 e. The minimum atomic E-state index is -3.90. The third kappa shape index (κ3) is 4.51. The number of carbonyl (C=O) groups is 1. The summed E-state index contributed by atoms with van der Waals surface area (Å²) in [7, 11) is -4.89. The zero-order valence-electron chi connectivity index (χ0n) is 17.4. The maximum absolute atomic E-state index is 13.0. The van der Waals surface area contributed by atoms with Gasteiger partial charge in [-0.3, -0.25) is 4.79 Å². The topological polar surface area (TPSA) is 119 Å². The molecule has 170 valence electrons. The van der Waals surface area contributed by atoms with Gasteiger partial charge in [0, 0.05) is 40.3 Å². The van der Waals surface area contributed by atoms with E-state index in [9.17, 15) is 26.9 Å². The van der Waals surface area contributed by atoms with Gasteiger partial charge >= 0.3 is 0 Å². The second-order valence-corrected chi connectivity index (χ2v) is 11.7. The van der Waals surface area contributed by atoms with Gasteiger partial charge in [-0.2, -0.15) is 9.57 Å². The van der Waals surface area contributed by atoms with Crippen LogP contribution in [0.1, 0.15) is 15.9 Å². The van der Waals surface area contributed by atoms with E-state index in [0.29, 0.717) is 0 Å². The molecular weight excluding hydrogens is 476 g/mol. The molecule has 1 aliphatic heterocycles. The average Bonchev–Trinajstić information content (AvgIpc) is 2.78. The van der Waals surface area contributed by atoms with E-state index in [-0.39, 0.29) is 52.1 Å². The third-order valence-corrected chi connectivity index (χ3v) is 9.20. The van der Waals surface area contributed by atoms with Gasteiger partial charge < -0.3 is 4.90 Å². The predicted octanol–water partition coefficient (Wildman–Crippen LogP) is 1.61. The Bertz CT molecular complexity index is 1300. The molecule has 0 aliphatic carbocycles. The lowest BCUT2D eigenvalue weighted by atomic mass is 10.2. The second kappa shape index (κ2) is 9.17. The molecule has 1 heterocycles. The number of nitrogens with zero attached hydrogens (tertiary/aromatic N) is 4. The standard InChI is InChI=1S/C20H21ClN4O5S2/c1-23(2)31(27,28)16-7-8-18(21)17(13-16)20(26)24-9-11-25(12-10-24)32(29,30)19-6-4-3-5-15(19)14-22/h3-8,13H,9-12H2,1-2H3. The van der Waals surface area contributed by atoms with Crippen LogP contribution in [0.25, 0.3) is 0 Å². The fraction of sp³-hybridized carbons (Fsp3) is 0.300. The highest BCUT2D eigenvalue weighted by Crippen LogP contribution is 2.25. The molecule has 1 fully saturated rings. The number of benzene rings is 2. The largest absolute Gasteiger partial charge is 0.336 e. The zero-order valence-corrected chi connectivity index (χ0v) is 19.8. The van der Waals surface area contributed by atoms with E-state index in [1.54, 1.807) is 12.1 Å². The average molecular weight is 497 g/mol. The molecule has 0 saturated carbocycles. The van der Waals surface area contributed by atoms with E-state index in [1.165, 1.54) is 53.6 Å².